The maximum absolute atomic E-state index is 13.0. The summed E-state index contributed by atoms with van der Waals surface area (Å²) in [5.74, 6) is 0.245. The van der Waals surface area contributed by atoms with Crippen LogP contribution in [0.1, 0.15) is 38.5 Å². The molecule has 0 aliphatic heterocycles. The van der Waals surface area contributed by atoms with Crippen molar-refractivity contribution >= 4 is 27.5 Å². The Kier molecular flexibility index (Phi) is 5.52. The Balaban J connectivity index is 2.02. The van der Waals surface area contributed by atoms with Gasteiger partial charge in [0.1, 0.15) is 11.6 Å². The number of halogens is 3. The second-order valence-electron chi connectivity index (χ2n) is 5.41. The number of benzene rings is 1. The molecule has 2 rings (SSSR count). The Morgan fingerprint density at radius 1 is 1.21 bits per heavy atom. The third-order valence-corrected chi connectivity index (χ3v) is 5.36. The van der Waals surface area contributed by atoms with E-state index in [9.17, 15) is 4.39 Å². The Labute approximate surface area is 127 Å². The summed E-state index contributed by atoms with van der Waals surface area (Å²) in [6.45, 7) is 0.642. The zero-order valence-electron chi connectivity index (χ0n) is 10.9. The van der Waals surface area contributed by atoms with Crippen LogP contribution < -0.4 is 4.74 Å². The predicted molar refractivity (Wildman–Crippen MR) is 80.8 cm³/mol. The van der Waals surface area contributed by atoms with E-state index in [1.165, 1.54) is 50.7 Å². The molecular formula is C15H19BrClFO. The van der Waals surface area contributed by atoms with Crippen molar-refractivity contribution in [1.82, 2.24) is 0 Å². The highest BCUT2D eigenvalue weighted by molar-refractivity contribution is 9.09. The van der Waals surface area contributed by atoms with Crippen molar-refractivity contribution in [2.45, 2.75) is 38.5 Å². The molecule has 0 amide bonds. The largest absolute Gasteiger partial charge is 0.491 e. The van der Waals surface area contributed by atoms with Crippen molar-refractivity contribution in [1.29, 1.82) is 0 Å². The maximum atomic E-state index is 13.0. The van der Waals surface area contributed by atoms with E-state index in [-0.39, 0.29) is 11.2 Å². The van der Waals surface area contributed by atoms with Gasteiger partial charge in [0, 0.05) is 10.7 Å². The van der Waals surface area contributed by atoms with Crippen LogP contribution in [0.25, 0.3) is 0 Å². The molecule has 0 unspecified atom stereocenters. The van der Waals surface area contributed by atoms with Gasteiger partial charge in [-0.1, -0.05) is 53.2 Å². The second-order valence-corrected chi connectivity index (χ2v) is 6.38. The standard InChI is InChI=1S/C15H19BrClFO/c16-10-15(7-3-1-2-4-8-15)11-19-14-6-5-12(18)9-13(14)17/h5-6,9H,1-4,7-8,10-11H2. The number of hydrogen-bond donors (Lipinski definition) is 0. The third kappa shape index (κ3) is 4.09. The van der Waals surface area contributed by atoms with Crippen LogP contribution in [0.5, 0.6) is 5.75 Å². The van der Waals surface area contributed by atoms with E-state index >= 15 is 0 Å². The second kappa shape index (κ2) is 6.94. The Bertz CT molecular complexity index is 417. The zero-order valence-corrected chi connectivity index (χ0v) is 13.3. The molecule has 0 radical (unpaired) electrons. The molecule has 1 fully saturated rings. The zero-order chi connectivity index (χ0) is 13.7. The van der Waals surface area contributed by atoms with Crippen molar-refractivity contribution in [3.05, 3.63) is 29.0 Å². The lowest BCUT2D eigenvalue weighted by molar-refractivity contribution is 0.149. The topological polar surface area (TPSA) is 9.23 Å². The van der Waals surface area contributed by atoms with Crippen molar-refractivity contribution in [2.75, 3.05) is 11.9 Å². The summed E-state index contributed by atoms with van der Waals surface area (Å²) in [6, 6.07) is 4.29. The van der Waals surface area contributed by atoms with E-state index < -0.39 is 0 Å². The lowest BCUT2D eigenvalue weighted by atomic mass is 9.83. The van der Waals surface area contributed by atoms with Crippen LogP contribution in [-0.4, -0.2) is 11.9 Å². The first-order valence-electron chi connectivity index (χ1n) is 6.79. The van der Waals surface area contributed by atoms with E-state index in [1.54, 1.807) is 6.07 Å². The molecule has 1 aromatic rings. The van der Waals surface area contributed by atoms with Gasteiger partial charge in [-0.05, 0) is 31.0 Å². The molecule has 0 aromatic heterocycles. The summed E-state index contributed by atoms with van der Waals surface area (Å²) < 4.78 is 18.8. The van der Waals surface area contributed by atoms with Crippen LogP contribution in [0.3, 0.4) is 0 Å². The molecule has 0 bridgehead atoms. The molecular weight excluding hydrogens is 331 g/mol. The van der Waals surface area contributed by atoms with E-state index in [2.05, 4.69) is 15.9 Å². The third-order valence-electron chi connectivity index (χ3n) is 3.88. The highest BCUT2D eigenvalue weighted by Gasteiger charge is 2.31. The van der Waals surface area contributed by atoms with Gasteiger partial charge < -0.3 is 4.74 Å². The highest BCUT2D eigenvalue weighted by atomic mass is 79.9. The van der Waals surface area contributed by atoms with E-state index in [4.69, 9.17) is 16.3 Å². The van der Waals surface area contributed by atoms with Gasteiger partial charge in [0.15, 0.2) is 0 Å². The fourth-order valence-electron chi connectivity index (χ4n) is 2.62. The van der Waals surface area contributed by atoms with Gasteiger partial charge >= 0.3 is 0 Å². The Morgan fingerprint density at radius 2 is 1.89 bits per heavy atom. The van der Waals surface area contributed by atoms with Crippen LogP contribution in [-0.2, 0) is 0 Å². The molecule has 0 atom stereocenters. The minimum Gasteiger partial charge on any atom is -0.491 e. The smallest absolute Gasteiger partial charge is 0.138 e. The van der Waals surface area contributed by atoms with Gasteiger partial charge in [0.25, 0.3) is 0 Å². The highest BCUT2D eigenvalue weighted by Crippen LogP contribution is 2.38. The first kappa shape index (κ1) is 15.1. The van der Waals surface area contributed by atoms with Crippen molar-refractivity contribution < 1.29 is 9.13 Å². The van der Waals surface area contributed by atoms with E-state index in [1.807, 2.05) is 0 Å². The van der Waals surface area contributed by atoms with Crippen molar-refractivity contribution in [3.63, 3.8) is 0 Å². The summed E-state index contributed by atoms with van der Waals surface area (Å²) in [5.41, 5.74) is 0.189. The van der Waals surface area contributed by atoms with Gasteiger partial charge in [-0.25, -0.2) is 4.39 Å². The summed E-state index contributed by atoms with van der Waals surface area (Å²) >= 11 is 9.62. The van der Waals surface area contributed by atoms with E-state index in [0.29, 0.717) is 17.4 Å². The van der Waals surface area contributed by atoms with Gasteiger partial charge in [-0.2, -0.15) is 0 Å². The summed E-state index contributed by atoms with van der Waals surface area (Å²) in [4.78, 5) is 0. The van der Waals surface area contributed by atoms with Crippen LogP contribution in [0.15, 0.2) is 18.2 Å². The molecule has 1 aromatic carbocycles. The summed E-state index contributed by atoms with van der Waals surface area (Å²) in [7, 11) is 0. The molecule has 1 aliphatic carbocycles. The van der Waals surface area contributed by atoms with Gasteiger partial charge in [-0.3, -0.25) is 0 Å². The monoisotopic (exact) mass is 348 g/mol. The molecule has 1 saturated carbocycles. The van der Waals surface area contributed by atoms with Gasteiger partial charge in [0.2, 0.25) is 0 Å². The van der Waals surface area contributed by atoms with Crippen LogP contribution >= 0.6 is 27.5 Å². The molecule has 106 valence electrons. The summed E-state index contributed by atoms with van der Waals surface area (Å²) in [5, 5.41) is 1.29. The minimum atomic E-state index is -0.331. The first-order chi connectivity index (χ1) is 9.15. The average molecular weight is 350 g/mol. The average Bonchev–Trinajstić information content (AvgIpc) is 2.64. The lowest BCUT2D eigenvalue weighted by Crippen LogP contribution is -2.30. The number of hydrogen-bond acceptors (Lipinski definition) is 1. The molecule has 0 heterocycles. The molecule has 4 heteroatoms. The number of alkyl halides is 1. The number of rotatable bonds is 4. The van der Waals surface area contributed by atoms with Gasteiger partial charge in [0.05, 0.1) is 11.6 Å². The molecule has 0 saturated heterocycles. The Morgan fingerprint density at radius 3 is 2.47 bits per heavy atom. The molecule has 0 N–H and O–H groups in total. The fourth-order valence-corrected chi connectivity index (χ4v) is 3.56. The molecule has 1 aliphatic rings. The lowest BCUT2D eigenvalue weighted by Gasteiger charge is -2.30. The number of ether oxygens (including phenoxy) is 1. The summed E-state index contributed by atoms with van der Waals surface area (Å²) in [6.07, 6.45) is 7.49. The van der Waals surface area contributed by atoms with Crippen LogP contribution in [0.4, 0.5) is 4.39 Å². The maximum Gasteiger partial charge on any atom is 0.138 e. The van der Waals surface area contributed by atoms with Crippen molar-refractivity contribution in [3.8, 4) is 5.75 Å². The predicted octanol–water partition coefficient (Wildman–Crippen LogP) is 5.59. The normalized spacial score (nSPS) is 18.9. The first-order valence-corrected chi connectivity index (χ1v) is 8.29. The molecule has 0 spiro atoms. The Hall–Kier alpha value is -0.280. The molecule has 19 heavy (non-hydrogen) atoms. The van der Waals surface area contributed by atoms with Crippen LogP contribution in [0, 0.1) is 11.2 Å². The quantitative estimate of drug-likeness (QED) is 0.508. The fraction of sp³-hybridized carbons (Fsp3) is 0.600. The minimum absolute atomic E-state index is 0.189. The van der Waals surface area contributed by atoms with Crippen LogP contribution in [0.2, 0.25) is 5.02 Å². The SMILES string of the molecule is Fc1ccc(OCC2(CBr)CCCCCC2)c(Cl)c1. The van der Waals surface area contributed by atoms with E-state index in [0.717, 1.165) is 5.33 Å². The van der Waals surface area contributed by atoms with Gasteiger partial charge in [-0.15, -0.1) is 0 Å². The van der Waals surface area contributed by atoms with Crippen molar-refractivity contribution in [2.24, 2.45) is 5.41 Å². The molecule has 1 nitrogen and oxygen atoms in total.